The Balaban J connectivity index is 1.60. The number of hydrogen-bond acceptors (Lipinski definition) is 5. The van der Waals surface area contributed by atoms with Gasteiger partial charge in [0.05, 0.1) is 4.24 Å². The SMILES string of the molecule is CC(C)(C)c1ccc2c(c1)SC(=C1Cc3cc(OCC(=O)O)ccc3C1=O)S2. The van der Waals surface area contributed by atoms with E-state index in [0.717, 1.165) is 15.4 Å². The Morgan fingerprint density at radius 2 is 1.86 bits per heavy atom. The topological polar surface area (TPSA) is 63.6 Å². The van der Waals surface area contributed by atoms with E-state index in [2.05, 4.69) is 39.0 Å². The highest BCUT2D eigenvalue weighted by Crippen LogP contribution is 2.54. The van der Waals surface area contributed by atoms with Crippen molar-refractivity contribution in [3.05, 3.63) is 62.9 Å². The summed E-state index contributed by atoms with van der Waals surface area (Å²) in [6, 6.07) is 11.7. The van der Waals surface area contributed by atoms with Crippen LogP contribution in [0.25, 0.3) is 0 Å². The number of rotatable bonds is 3. The lowest BCUT2D eigenvalue weighted by atomic mass is 9.87. The number of fused-ring (bicyclic) bond motifs is 2. The molecular weight excluding hydrogens is 392 g/mol. The fourth-order valence-corrected chi connectivity index (χ4v) is 5.83. The van der Waals surface area contributed by atoms with Gasteiger partial charge in [0, 0.05) is 27.3 Å². The summed E-state index contributed by atoms with van der Waals surface area (Å²) in [6.07, 6.45) is 0.549. The number of carbonyl (C=O) groups excluding carboxylic acids is 1. The molecule has 1 aliphatic heterocycles. The van der Waals surface area contributed by atoms with Crippen molar-refractivity contribution in [2.24, 2.45) is 0 Å². The zero-order valence-electron chi connectivity index (χ0n) is 15.9. The second-order valence-corrected chi connectivity index (χ2v) is 10.3. The molecule has 2 aliphatic rings. The number of aliphatic carboxylic acids is 1. The maximum atomic E-state index is 12.9. The predicted octanol–water partition coefficient (Wildman–Crippen LogP) is 5.30. The number of carboxylic acids is 1. The molecule has 2 aromatic carbocycles. The molecule has 1 N–H and O–H groups in total. The summed E-state index contributed by atoms with van der Waals surface area (Å²) in [5.41, 5.74) is 3.75. The lowest BCUT2D eigenvalue weighted by molar-refractivity contribution is -0.139. The summed E-state index contributed by atoms with van der Waals surface area (Å²) in [5, 5.41) is 8.76. The highest BCUT2D eigenvalue weighted by molar-refractivity contribution is 8.24. The van der Waals surface area contributed by atoms with Crippen molar-refractivity contribution in [3.8, 4) is 5.75 Å². The first-order chi connectivity index (χ1) is 13.2. The zero-order chi connectivity index (χ0) is 20.1. The normalized spacial score (nSPS) is 18.2. The van der Waals surface area contributed by atoms with Crippen LogP contribution >= 0.6 is 23.5 Å². The Hall–Kier alpha value is -2.18. The van der Waals surface area contributed by atoms with Gasteiger partial charge in [0.2, 0.25) is 0 Å². The quantitative estimate of drug-likeness (QED) is 0.691. The zero-order valence-corrected chi connectivity index (χ0v) is 17.5. The van der Waals surface area contributed by atoms with Crippen molar-refractivity contribution < 1.29 is 19.4 Å². The molecule has 1 heterocycles. The van der Waals surface area contributed by atoms with Crippen LogP contribution in [0.15, 0.2) is 56.0 Å². The molecule has 4 rings (SSSR count). The third kappa shape index (κ3) is 3.59. The molecule has 0 bridgehead atoms. The van der Waals surface area contributed by atoms with Gasteiger partial charge in [-0.05, 0) is 46.9 Å². The summed E-state index contributed by atoms with van der Waals surface area (Å²) >= 11 is 3.33. The molecule has 0 amide bonds. The first-order valence-corrected chi connectivity index (χ1v) is 10.6. The van der Waals surface area contributed by atoms with E-state index in [1.54, 1.807) is 41.7 Å². The summed E-state index contributed by atoms with van der Waals surface area (Å²) in [7, 11) is 0. The molecule has 4 nitrogen and oxygen atoms in total. The Morgan fingerprint density at radius 1 is 1.11 bits per heavy atom. The van der Waals surface area contributed by atoms with E-state index in [1.165, 1.54) is 15.4 Å². The number of allylic oxidation sites excluding steroid dienone is 1. The third-order valence-corrected chi connectivity index (χ3v) is 7.41. The molecular formula is C22H20O4S2. The number of ketones is 1. The molecule has 0 unspecified atom stereocenters. The van der Waals surface area contributed by atoms with Crippen LogP contribution in [0.4, 0.5) is 0 Å². The number of carbonyl (C=O) groups is 2. The first kappa shape index (κ1) is 19.2. The van der Waals surface area contributed by atoms with Crippen LogP contribution in [0.2, 0.25) is 0 Å². The van der Waals surface area contributed by atoms with Crippen LogP contribution in [0.3, 0.4) is 0 Å². The van der Waals surface area contributed by atoms with E-state index in [0.29, 0.717) is 17.7 Å². The van der Waals surface area contributed by atoms with E-state index in [9.17, 15) is 9.59 Å². The minimum absolute atomic E-state index is 0.0543. The highest BCUT2D eigenvalue weighted by Gasteiger charge is 2.32. The largest absolute Gasteiger partial charge is 0.482 e. The summed E-state index contributed by atoms with van der Waals surface area (Å²) < 4.78 is 6.28. The second-order valence-electron chi connectivity index (χ2n) is 7.89. The molecule has 2 aromatic rings. The van der Waals surface area contributed by atoms with Gasteiger partial charge in [0.1, 0.15) is 5.75 Å². The highest BCUT2D eigenvalue weighted by atomic mass is 32.2. The van der Waals surface area contributed by atoms with Crippen LogP contribution in [0, 0.1) is 0 Å². The molecule has 28 heavy (non-hydrogen) atoms. The maximum Gasteiger partial charge on any atom is 0.341 e. The minimum Gasteiger partial charge on any atom is -0.482 e. The smallest absolute Gasteiger partial charge is 0.341 e. The van der Waals surface area contributed by atoms with E-state index < -0.39 is 12.6 Å². The summed E-state index contributed by atoms with van der Waals surface area (Å²) in [6.45, 7) is 6.20. The number of carboxylic acid groups (broad SMARTS) is 1. The Morgan fingerprint density at radius 3 is 2.57 bits per heavy atom. The van der Waals surface area contributed by atoms with Crippen molar-refractivity contribution in [1.29, 1.82) is 0 Å². The number of thioether (sulfide) groups is 2. The van der Waals surface area contributed by atoms with Crippen LogP contribution in [0.1, 0.15) is 42.3 Å². The third-order valence-electron chi connectivity index (χ3n) is 4.79. The van der Waals surface area contributed by atoms with E-state index in [4.69, 9.17) is 9.84 Å². The van der Waals surface area contributed by atoms with Gasteiger partial charge >= 0.3 is 5.97 Å². The van der Waals surface area contributed by atoms with Crippen molar-refractivity contribution in [2.45, 2.75) is 42.4 Å². The van der Waals surface area contributed by atoms with Gasteiger partial charge in [-0.25, -0.2) is 4.79 Å². The van der Waals surface area contributed by atoms with Crippen LogP contribution in [-0.4, -0.2) is 23.5 Å². The van der Waals surface area contributed by atoms with Crippen LogP contribution < -0.4 is 4.74 Å². The number of Topliss-reactive ketones (excluding diaryl/α,β-unsaturated/α-hetero) is 1. The predicted molar refractivity (Wildman–Crippen MR) is 111 cm³/mol. The Labute approximate surface area is 172 Å². The average Bonchev–Trinajstić information content (AvgIpc) is 3.19. The number of benzene rings is 2. The Bertz CT molecular complexity index is 1030. The van der Waals surface area contributed by atoms with Gasteiger partial charge in [0.25, 0.3) is 0 Å². The van der Waals surface area contributed by atoms with Crippen LogP contribution in [-0.2, 0) is 16.6 Å². The van der Waals surface area contributed by atoms with Crippen molar-refractivity contribution >= 4 is 35.3 Å². The molecule has 0 radical (unpaired) electrons. The van der Waals surface area contributed by atoms with Crippen LogP contribution in [0.5, 0.6) is 5.75 Å². The lowest BCUT2D eigenvalue weighted by Gasteiger charge is -2.19. The average molecular weight is 413 g/mol. The Kier molecular flexibility index (Phi) is 4.79. The van der Waals surface area contributed by atoms with Gasteiger partial charge in [-0.1, -0.05) is 50.4 Å². The minimum atomic E-state index is -1.02. The fraction of sp³-hybridized carbons (Fsp3) is 0.273. The van der Waals surface area contributed by atoms with Gasteiger partial charge in [-0.15, -0.1) is 0 Å². The number of hydrogen-bond donors (Lipinski definition) is 1. The van der Waals surface area contributed by atoms with E-state index >= 15 is 0 Å². The molecule has 0 aromatic heterocycles. The van der Waals surface area contributed by atoms with Gasteiger partial charge in [0.15, 0.2) is 12.4 Å². The van der Waals surface area contributed by atoms with Gasteiger partial charge in [-0.3, -0.25) is 4.79 Å². The molecule has 1 aliphatic carbocycles. The molecule has 0 spiro atoms. The monoisotopic (exact) mass is 412 g/mol. The second kappa shape index (κ2) is 7.01. The summed E-state index contributed by atoms with van der Waals surface area (Å²) in [4.78, 5) is 26.0. The molecule has 0 atom stereocenters. The van der Waals surface area contributed by atoms with E-state index in [-0.39, 0.29) is 11.2 Å². The molecule has 6 heteroatoms. The summed E-state index contributed by atoms with van der Waals surface area (Å²) in [5.74, 6) is -0.491. The molecule has 0 saturated heterocycles. The standard InChI is InChI=1S/C22H20O4S2/c1-22(2,3)13-4-7-17-18(10-13)28-21(27-17)16-9-12-8-14(26-11-19(23)24)5-6-15(12)20(16)25/h4-8,10H,9,11H2,1-3H3,(H,23,24). The van der Waals surface area contributed by atoms with Crippen molar-refractivity contribution in [3.63, 3.8) is 0 Å². The molecule has 144 valence electrons. The first-order valence-electron chi connectivity index (χ1n) is 8.98. The molecule has 0 fully saturated rings. The van der Waals surface area contributed by atoms with Crippen molar-refractivity contribution in [2.75, 3.05) is 6.61 Å². The van der Waals surface area contributed by atoms with Gasteiger partial charge in [-0.2, -0.15) is 0 Å². The lowest BCUT2D eigenvalue weighted by Crippen LogP contribution is -2.10. The molecule has 0 saturated carbocycles. The maximum absolute atomic E-state index is 12.9. The van der Waals surface area contributed by atoms with Gasteiger partial charge < -0.3 is 9.84 Å². The fourth-order valence-electron chi connectivity index (χ4n) is 3.25. The van der Waals surface area contributed by atoms with Crippen molar-refractivity contribution in [1.82, 2.24) is 0 Å². The number of ether oxygens (including phenoxy) is 1. The van der Waals surface area contributed by atoms with E-state index in [1.807, 2.05) is 0 Å².